The second-order valence-corrected chi connectivity index (χ2v) is 4.62. The molecule has 1 aliphatic heterocycles. The molecule has 2 aromatic rings. The summed E-state index contributed by atoms with van der Waals surface area (Å²) in [4.78, 5) is 11.0. The molecular weight excluding hydrogens is 232 g/mol. The van der Waals surface area contributed by atoms with Crippen LogP contribution in [0.15, 0.2) is 18.2 Å². The largest absolute Gasteiger partial charge is 0.476 e. The van der Waals surface area contributed by atoms with E-state index in [1.54, 1.807) is 6.07 Å². The van der Waals surface area contributed by atoms with E-state index in [0.717, 1.165) is 24.2 Å². The van der Waals surface area contributed by atoms with Crippen LogP contribution in [0.1, 0.15) is 23.0 Å². The highest BCUT2D eigenvalue weighted by Gasteiger charge is 2.29. The van der Waals surface area contributed by atoms with Crippen molar-refractivity contribution in [2.45, 2.75) is 12.6 Å². The molecule has 0 spiro atoms. The Kier molecular flexibility index (Phi) is 2.36. The summed E-state index contributed by atoms with van der Waals surface area (Å²) in [6.07, 6.45) is 0. The quantitative estimate of drug-likeness (QED) is 0.624. The number of rotatable bonds is 2. The maximum atomic E-state index is 11.0. The van der Waals surface area contributed by atoms with Crippen molar-refractivity contribution in [2.75, 3.05) is 13.1 Å². The summed E-state index contributed by atoms with van der Waals surface area (Å²) in [6, 6.07) is 5.65. The number of hydrogen-bond acceptors (Lipinski definition) is 4. The summed E-state index contributed by atoms with van der Waals surface area (Å²) in [5.74, 6) is -1.02. The van der Waals surface area contributed by atoms with Gasteiger partial charge in [-0.05, 0) is 24.6 Å². The van der Waals surface area contributed by atoms with Crippen LogP contribution in [0.2, 0.25) is 0 Å². The molecule has 6 heteroatoms. The van der Waals surface area contributed by atoms with Gasteiger partial charge in [-0.15, -0.1) is 0 Å². The lowest BCUT2D eigenvalue weighted by molar-refractivity contribution is 0.0692. The van der Waals surface area contributed by atoms with Gasteiger partial charge < -0.3 is 5.11 Å². The van der Waals surface area contributed by atoms with Crippen LogP contribution in [0, 0.1) is 0 Å². The number of aromatic amines is 1. The lowest BCUT2D eigenvalue weighted by Crippen LogP contribution is -2.42. The number of benzene rings is 1. The molecule has 1 aromatic carbocycles. The van der Waals surface area contributed by atoms with Crippen molar-refractivity contribution in [3.05, 3.63) is 29.5 Å². The maximum Gasteiger partial charge on any atom is 0.357 e. The molecule has 4 N–H and O–H groups in total. The summed E-state index contributed by atoms with van der Waals surface area (Å²) in [5, 5.41) is 23.0. The normalized spacial score (nSPS) is 18.3. The summed E-state index contributed by atoms with van der Waals surface area (Å²) < 4.78 is 0. The third-order valence-corrected chi connectivity index (χ3v) is 3.42. The van der Waals surface area contributed by atoms with Gasteiger partial charge in [0.05, 0.1) is 11.2 Å². The third kappa shape index (κ3) is 1.58. The van der Waals surface area contributed by atoms with E-state index in [1.807, 2.05) is 12.1 Å². The van der Waals surface area contributed by atoms with Crippen LogP contribution in [0.3, 0.4) is 0 Å². The SMILES string of the molecule is CC1(c2ccc3c(C(=O)O)n[nH]c3c2)NCCN1. The first-order chi connectivity index (χ1) is 8.60. The van der Waals surface area contributed by atoms with Gasteiger partial charge in [0.25, 0.3) is 0 Å². The Morgan fingerprint density at radius 3 is 2.78 bits per heavy atom. The second-order valence-electron chi connectivity index (χ2n) is 4.62. The first kappa shape index (κ1) is 11.2. The Hall–Kier alpha value is -1.92. The summed E-state index contributed by atoms with van der Waals surface area (Å²) in [7, 11) is 0. The van der Waals surface area contributed by atoms with Crippen LogP contribution in [-0.4, -0.2) is 34.4 Å². The first-order valence-corrected chi connectivity index (χ1v) is 5.82. The molecule has 0 aliphatic carbocycles. The molecule has 1 saturated heterocycles. The van der Waals surface area contributed by atoms with Gasteiger partial charge in [-0.25, -0.2) is 4.79 Å². The summed E-state index contributed by atoms with van der Waals surface area (Å²) in [5.41, 5.74) is 1.60. The molecule has 1 aromatic heterocycles. The molecule has 0 radical (unpaired) electrons. The van der Waals surface area contributed by atoms with Crippen LogP contribution in [0.5, 0.6) is 0 Å². The zero-order chi connectivity index (χ0) is 12.8. The van der Waals surface area contributed by atoms with Crippen LogP contribution in [0.4, 0.5) is 0 Å². The van der Waals surface area contributed by atoms with E-state index in [1.165, 1.54) is 0 Å². The number of fused-ring (bicyclic) bond motifs is 1. The van der Waals surface area contributed by atoms with Gasteiger partial charge in [0, 0.05) is 18.5 Å². The molecule has 18 heavy (non-hydrogen) atoms. The van der Waals surface area contributed by atoms with Crippen molar-refractivity contribution in [3.8, 4) is 0 Å². The average Bonchev–Trinajstić information content (AvgIpc) is 2.94. The Labute approximate surface area is 103 Å². The molecule has 3 rings (SSSR count). The van der Waals surface area contributed by atoms with Gasteiger partial charge in [-0.1, -0.05) is 6.07 Å². The molecule has 0 unspecified atom stereocenters. The highest BCUT2D eigenvalue weighted by molar-refractivity contribution is 6.01. The molecule has 2 heterocycles. The monoisotopic (exact) mass is 246 g/mol. The first-order valence-electron chi connectivity index (χ1n) is 5.82. The van der Waals surface area contributed by atoms with E-state index in [0.29, 0.717) is 5.39 Å². The van der Waals surface area contributed by atoms with E-state index in [2.05, 4.69) is 27.8 Å². The van der Waals surface area contributed by atoms with Crippen molar-refractivity contribution in [3.63, 3.8) is 0 Å². The van der Waals surface area contributed by atoms with E-state index < -0.39 is 5.97 Å². The fourth-order valence-corrected chi connectivity index (χ4v) is 2.39. The van der Waals surface area contributed by atoms with Crippen LogP contribution in [0.25, 0.3) is 10.9 Å². The van der Waals surface area contributed by atoms with Crippen molar-refractivity contribution in [1.29, 1.82) is 0 Å². The predicted octanol–water partition coefficient (Wildman–Crippen LogP) is 0.627. The Bertz CT molecular complexity index is 614. The highest BCUT2D eigenvalue weighted by Crippen LogP contribution is 2.25. The van der Waals surface area contributed by atoms with Gasteiger partial charge in [-0.3, -0.25) is 15.7 Å². The number of carboxylic acids is 1. The van der Waals surface area contributed by atoms with E-state index in [9.17, 15) is 4.79 Å². The molecule has 0 saturated carbocycles. The second kappa shape index (κ2) is 3.79. The molecular formula is C12H14N4O2. The van der Waals surface area contributed by atoms with E-state index >= 15 is 0 Å². The molecule has 6 nitrogen and oxygen atoms in total. The molecule has 1 fully saturated rings. The molecule has 0 bridgehead atoms. The standard InChI is InChI=1S/C12H14N4O2/c1-12(13-4-5-14-12)7-2-3-8-9(6-7)15-16-10(8)11(17)18/h2-3,6,13-14H,4-5H2,1H3,(H,15,16)(H,17,18). The molecule has 94 valence electrons. The topological polar surface area (TPSA) is 90.0 Å². The van der Waals surface area contributed by atoms with E-state index in [-0.39, 0.29) is 11.4 Å². The number of carbonyl (C=O) groups is 1. The number of carboxylic acid groups (broad SMARTS) is 1. The van der Waals surface area contributed by atoms with Gasteiger partial charge in [-0.2, -0.15) is 5.10 Å². The minimum atomic E-state index is -1.02. The maximum absolute atomic E-state index is 11.0. The fraction of sp³-hybridized carbons (Fsp3) is 0.333. The predicted molar refractivity (Wildman–Crippen MR) is 66.4 cm³/mol. The van der Waals surface area contributed by atoms with Gasteiger partial charge in [0.15, 0.2) is 5.69 Å². The van der Waals surface area contributed by atoms with Gasteiger partial charge >= 0.3 is 5.97 Å². The van der Waals surface area contributed by atoms with Crippen molar-refractivity contribution in [1.82, 2.24) is 20.8 Å². The molecule has 1 aliphatic rings. The van der Waals surface area contributed by atoms with Crippen LogP contribution < -0.4 is 10.6 Å². The van der Waals surface area contributed by atoms with Crippen molar-refractivity contribution in [2.24, 2.45) is 0 Å². The summed E-state index contributed by atoms with van der Waals surface area (Å²) >= 11 is 0. The van der Waals surface area contributed by atoms with Crippen LogP contribution in [-0.2, 0) is 5.66 Å². The highest BCUT2D eigenvalue weighted by atomic mass is 16.4. The number of nitrogens with one attached hydrogen (secondary N) is 3. The smallest absolute Gasteiger partial charge is 0.357 e. The average molecular weight is 246 g/mol. The lowest BCUT2D eigenvalue weighted by Gasteiger charge is -2.25. The van der Waals surface area contributed by atoms with Gasteiger partial charge in [0.2, 0.25) is 0 Å². The number of nitrogens with zero attached hydrogens (tertiary/aromatic N) is 1. The van der Waals surface area contributed by atoms with Crippen LogP contribution >= 0.6 is 0 Å². The number of hydrogen-bond donors (Lipinski definition) is 4. The summed E-state index contributed by atoms with van der Waals surface area (Å²) in [6.45, 7) is 3.89. The minimum absolute atomic E-state index is 0.0639. The Balaban J connectivity index is 2.10. The fourth-order valence-electron chi connectivity index (χ4n) is 2.39. The number of aromatic carboxylic acids is 1. The van der Waals surface area contributed by atoms with Gasteiger partial charge in [0.1, 0.15) is 0 Å². The van der Waals surface area contributed by atoms with Crippen molar-refractivity contribution >= 4 is 16.9 Å². The molecule has 0 amide bonds. The Morgan fingerprint density at radius 2 is 2.11 bits per heavy atom. The van der Waals surface area contributed by atoms with E-state index in [4.69, 9.17) is 5.11 Å². The molecule has 0 atom stereocenters. The number of aromatic nitrogens is 2. The lowest BCUT2D eigenvalue weighted by atomic mass is 10.0. The minimum Gasteiger partial charge on any atom is -0.476 e. The van der Waals surface area contributed by atoms with Crippen molar-refractivity contribution < 1.29 is 9.90 Å². The zero-order valence-electron chi connectivity index (χ0n) is 9.95. The third-order valence-electron chi connectivity index (χ3n) is 3.42. The zero-order valence-corrected chi connectivity index (χ0v) is 9.95. The number of H-pyrrole nitrogens is 1. The Morgan fingerprint density at radius 1 is 1.39 bits per heavy atom.